The van der Waals surface area contributed by atoms with Gasteiger partial charge in [0.2, 0.25) is 0 Å². The summed E-state index contributed by atoms with van der Waals surface area (Å²) in [6, 6.07) is 0. The molecule has 0 saturated carbocycles. The van der Waals surface area contributed by atoms with Crippen molar-refractivity contribution in [1.82, 2.24) is 0 Å². The van der Waals surface area contributed by atoms with E-state index in [1.165, 1.54) is 38.5 Å². The zero-order valence-corrected chi connectivity index (χ0v) is 12.3. The van der Waals surface area contributed by atoms with Gasteiger partial charge in [0, 0.05) is 13.2 Å². The molecule has 0 aromatic carbocycles. The van der Waals surface area contributed by atoms with E-state index in [0.717, 1.165) is 30.8 Å². The topological polar surface area (TPSA) is 9.23 Å². The molecular formula is C14H30OS. The molecule has 0 radical (unpaired) electrons. The van der Waals surface area contributed by atoms with E-state index in [9.17, 15) is 0 Å². The zero-order chi connectivity index (χ0) is 12.2. The van der Waals surface area contributed by atoms with E-state index in [4.69, 9.17) is 4.74 Å². The number of thiol groups is 1. The third-order valence-electron chi connectivity index (χ3n) is 3.27. The first-order valence-electron chi connectivity index (χ1n) is 6.93. The smallest absolute Gasteiger partial charge is 0.0494 e. The lowest BCUT2D eigenvalue weighted by molar-refractivity contribution is 0.0847. The average molecular weight is 246 g/mol. The Kier molecular flexibility index (Phi) is 12.0. The molecule has 98 valence electrons. The maximum Gasteiger partial charge on any atom is 0.0494 e. The van der Waals surface area contributed by atoms with Crippen molar-refractivity contribution < 1.29 is 4.74 Å². The van der Waals surface area contributed by atoms with Crippen molar-refractivity contribution >= 4 is 12.6 Å². The van der Waals surface area contributed by atoms with E-state index < -0.39 is 0 Å². The highest BCUT2D eigenvalue weighted by molar-refractivity contribution is 7.80. The molecule has 2 atom stereocenters. The predicted octanol–water partition coefficient (Wildman–Crippen LogP) is 4.57. The van der Waals surface area contributed by atoms with Gasteiger partial charge in [-0.25, -0.2) is 0 Å². The molecular weight excluding hydrogens is 216 g/mol. The van der Waals surface area contributed by atoms with Gasteiger partial charge in [-0.2, -0.15) is 12.6 Å². The monoisotopic (exact) mass is 246 g/mol. The van der Waals surface area contributed by atoms with E-state index in [1.807, 2.05) is 0 Å². The Morgan fingerprint density at radius 2 is 1.88 bits per heavy atom. The van der Waals surface area contributed by atoms with Crippen LogP contribution in [0.15, 0.2) is 0 Å². The summed E-state index contributed by atoms with van der Waals surface area (Å²) in [5, 5.41) is 0. The number of rotatable bonds is 11. The first-order valence-corrected chi connectivity index (χ1v) is 7.56. The van der Waals surface area contributed by atoms with Crippen LogP contribution in [0.5, 0.6) is 0 Å². The molecule has 0 rings (SSSR count). The molecule has 0 fully saturated rings. The van der Waals surface area contributed by atoms with Crippen LogP contribution in [0.3, 0.4) is 0 Å². The Bertz CT molecular complexity index is 139. The van der Waals surface area contributed by atoms with Crippen LogP contribution in [0, 0.1) is 11.8 Å². The minimum Gasteiger partial charge on any atom is -0.381 e. The summed E-state index contributed by atoms with van der Waals surface area (Å²) in [6.45, 7) is 8.70. The van der Waals surface area contributed by atoms with Crippen LogP contribution in [-0.2, 0) is 4.74 Å². The average Bonchev–Trinajstić information content (AvgIpc) is 2.28. The molecule has 2 unspecified atom stereocenters. The van der Waals surface area contributed by atoms with Crippen molar-refractivity contribution in [3.63, 3.8) is 0 Å². The molecule has 0 heterocycles. The molecule has 0 aromatic rings. The third-order valence-corrected chi connectivity index (χ3v) is 3.53. The van der Waals surface area contributed by atoms with Gasteiger partial charge < -0.3 is 4.74 Å². The second-order valence-corrected chi connectivity index (χ2v) is 5.34. The highest BCUT2D eigenvalue weighted by Gasteiger charge is 2.06. The van der Waals surface area contributed by atoms with E-state index in [2.05, 4.69) is 33.4 Å². The first kappa shape index (κ1) is 16.3. The normalized spacial score (nSPS) is 15.0. The van der Waals surface area contributed by atoms with Gasteiger partial charge in [-0.05, 0) is 36.9 Å². The van der Waals surface area contributed by atoms with Gasteiger partial charge in [-0.3, -0.25) is 0 Å². The van der Waals surface area contributed by atoms with Crippen molar-refractivity contribution in [1.29, 1.82) is 0 Å². The maximum absolute atomic E-state index is 5.78. The molecule has 1 nitrogen and oxygen atoms in total. The summed E-state index contributed by atoms with van der Waals surface area (Å²) >= 11 is 4.25. The molecule has 2 heteroatoms. The molecule has 0 saturated heterocycles. The Morgan fingerprint density at radius 3 is 2.44 bits per heavy atom. The summed E-state index contributed by atoms with van der Waals surface area (Å²) in [7, 11) is 0. The highest BCUT2D eigenvalue weighted by Crippen LogP contribution is 2.14. The second kappa shape index (κ2) is 11.8. The molecule has 16 heavy (non-hydrogen) atoms. The predicted molar refractivity (Wildman–Crippen MR) is 76.4 cm³/mol. The first-order chi connectivity index (χ1) is 7.74. The fraction of sp³-hybridized carbons (Fsp3) is 1.00. The van der Waals surface area contributed by atoms with Gasteiger partial charge in [-0.15, -0.1) is 0 Å². The summed E-state index contributed by atoms with van der Waals surface area (Å²) in [6.07, 6.45) is 7.63. The third kappa shape index (κ3) is 9.53. The molecule has 0 aromatic heterocycles. The summed E-state index contributed by atoms with van der Waals surface area (Å²) < 4.78 is 5.78. The lowest BCUT2D eigenvalue weighted by atomic mass is 10.0. The summed E-state index contributed by atoms with van der Waals surface area (Å²) in [4.78, 5) is 0. The highest BCUT2D eigenvalue weighted by atomic mass is 32.1. The van der Waals surface area contributed by atoms with Crippen molar-refractivity contribution in [2.75, 3.05) is 19.0 Å². The minimum atomic E-state index is 0.758. The van der Waals surface area contributed by atoms with Crippen LogP contribution < -0.4 is 0 Å². The standard InChI is InChI=1S/C14H30OS/c1-4-6-7-14(5-2)12-15-10-8-13(3)9-11-16/h13-14,16H,4-12H2,1-3H3. The van der Waals surface area contributed by atoms with E-state index >= 15 is 0 Å². The van der Waals surface area contributed by atoms with Crippen LogP contribution in [-0.4, -0.2) is 19.0 Å². The summed E-state index contributed by atoms with van der Waals surface area (Å²) in [5.74, 6) is 2.53. The van der Waals surface area contributed by atoms with Gasteiger partial charge >= 0.3 is 0 Å². The van der Waals surface area contributed by atoms with Crippen molar-refractivity contribution in [2.24, 2.45) is 11.8 Å². The fourth-order valence-electron chi connectivity index (χ4n) is 1.80. The molecule has 0 amide bonds. The molecule has 0 N–H and O–H groups in total. The van der Waals surface area contributed by atoms with Gasteiger partial charge in [0.15, 0.2) is 0 Å². The minimum absolute atomic E-state index is 0.758. The fourth-order valence-corrected chi connectivity index (χ4v) is 2.24. The molecule has 0 aliphatic heterocycles. The Hall–Kier alpha value is 0.310. The Labute approximate surface area is 108 Å². The Morgan fingerprint density at radius 1 is 1.12 bits per heavy atom. The van der Waals surface area contributed by atoms with Gasteiger partial charge in [-0.1, -0.05) is 40.0 Å². The van der Waals surface area contributed by atoms with Crippen LogP contribution in [0.25, 0.3) is 0 Å². The van der Waals surface area contributed by atoms with Crippen LogP contribution in [0.1, 0.15) is 59.3 Å². The molecule has 0 aliphatic rings. The van der Waals surface area contributed by atoms with Crippen LogP contribution >= 0.6 is 12.6 Å². The van der Waals surface area contributed by atoms with Gasteiger partial charge in [0.05, 0.1) is 0 Å². The lowest BCUT2D eigenvalue weighted by Gasteiger charge is -2.16. The number of hydrogen-bond acceptors (Lipinski definition) is 2. The number of unbranched alkanes of at least 4 members (excludes halogenated alkanes) is 1. The van der Waals surface area contributed by atoms with E-state index in [0.29, 0.717) is 0 Å². The molecule has 0 bridgehead atoms. The Balaban J connectivity index is 3.39. The quantitative estimate of drug-likeness (QED) is 0.415. The van der Waals surface area contributed by atoms with Gasteiger partial charge in [0.1, 0.15) is 0 Å². The molecule has 0 spiro atoms. The van der Waals surface area contributed by atoms with Crippen molar-refractivity contribution in [3.8, 4) is 0 Å². The molecule has 0 aliphatic carbocycles. The maximum atomic E-state index is 5.78. The largest absolute Gasteiger partial charge is 0.381 e. The number of hydrogen-bond donors (Lipinski definition) is 1. The van der Waals surface area contributed by atoms with Crippen LogP contribution in [0.4, 0.5) is 0 Å². The van der Waals surface area contributed by atoms with Crippen molar-refractivity contribution in [3.05, 3.63) is 0 Å². The number of ether oxygens (including phenoxy) is 1. The van der Waals surface area contributed by atoms with E-state index in [1.54, 1.807) is 0 Å². The van der Waals surface area contributed by atoms with Crippen molar-refractivity contribution in [2.45, 2.75) is 59.3 Å². The zero-order valence-electron chi connectivity index (χ0n) is 11.4. The second-order valence-electron chi connectivity index (χ2n) is 4.90. The van der Waals surface area contributed by atoms with E-state index in [-0.39, 0.29) is 0 Å². The SMILES string of the molecule is CCCCC(CC)COCCC(C)CCS. The lowest BCUT2D eigenvalue weighted by Crippen LogP contribution is -2.11. The summed E-state index contributed by atoms with van der Waals surface area (Å²) in [5.41, 5.74) is 0. The van der Waals surface area contributed by atoms with Gasteiger partial charge in [0.25, 0.3) is 0 Å². The van der Waals surface area contributed by atoms with Crippen LogP contribution in [0.2, 0.25) is 0 Å².